The lowest BCUT2D eigenvalue weighted by Crippen LogP contribution is -2.67. The lowest BCUT2D eigenvalue weighted by atomic mass is 10.2. The van der Waals surface area contributed by atoms with Crippen LogP contribution < -0.4 is 10.4 Å². The second kappa shape index (κ2) is 9.16. The molecule has 0 aliphatic carbocycles. The fraction of sp³-hybridized carbons (Fsp3) is 0.440. The Labute approximate surface area is 181 Å². The van der Waals surface area contributed by atoms with Crippen molar-refractivity contribution < 1.29 is 19.0 Å². The molecular formula is C25H34O4Si. The van der Waals surface area contributed by atoms with Crippen molar-refractivity contribution in [3.8, 4) is 0 Å². The van der Waals surface area contributed by atoms with Gasteiger partial charge in [-0.2, -0.15) is 0 Å². The fourth-order valence-electron chi connectivity index (χ4n) is 4.32. The van der Waals surface area contributed by atoms with Crippen LogP contribution in [-0.2, 0) is 13.9 Å². The van der Waals surface area contributed by atoms with Gasteiger partial charge in [-0.3, -0.25) is 0 Å². The van der Waals surface area contributed by atoms with E-state index in [9.17, 15) is 5.11 Å². The molecule has 0 bridgehead atoms. The van der Waals surface area contributed by atoms with Crippen molar-refractivity contribution in [3.05, 3.63) is 72.8 Å². The van der Waals surface area contributed by atoms with Crippen molar-refractivity contribution in [2.75, 3.05) is 13.2 Å². The third-order valence-electron chi connectivity index (χ3n) is 5.53. The SMILES string of the molecule is CC1(C)O[C@@H](/C=C/CO)[C@H](CO[Si](c2ccccc2)(c2ccccc2)C(C)(C)C)O1. The molecule has 0 radical (unpaired) electrons. The lowest BCUT2D eigenvalue weighted by Gasteiger charge is -2.43. The van der Waals surface area contributed by atoms with E-state index in [-0.39, 0.29) is 23.9 Å². The molecule has 1 N–H and O–H groups in total. The summed E-state index contributed by atoms with van der Waals surface area (Å²) < 4.78 is 19.2. The van der Waals surface area contributed by atoms with Gasteiger partial charge in [0, 0.05) is 0 Å². The minimum Gasteiger partial charge on any atom is -0.405 e. The van der Waals surface area contributed by atoms with Gasteiger partial charge in [0.1, 0.15) is 12.2 Å². The van der Waals surface area contributed by atoms with Crippen LogP contribution in [0.15, 0.2) is 72.8 Å². The van der Waals surface area contributed by atoms with Gasteiger partial charge in [-0.15, -0.1) is 0 Å². The number of hydrogen-bond donors (Lipinski definition) is 1. The average Bonchev–Trinajstić information content (AvgIpc) is 3.01. The van der Waals surface area contributed by atoms with Gasteiger partial charge in [-0.1, -0.05) is 93.6 Å². The predicted molar refractivity (Wildman–Crippen MR) is 124 cm³/mol. The van der Waals surface area contributed by atoms with E-state index in [1.807, 2.05) is 32.1 Å². The summed E-state index contributed by atoms with van der Waals surface area (Å²) in [6, 6.07) is 21.2. The van der Waals surface area contributed by atoms with Crippen LogP contribution in [0.5, 0.6) is 0 Å². The molecule has 1 heterocycles. The lowest BCUT2D eigenvalue weighted by molar-refractivity contribution is -0.145. The highest BCUT2D eigenvalue weighted by Gasteiger charge is 2.51. The molecule has 3 rings (SSSR count). The smallest absolute Gasteiger partial charge is 0.261 e. The summed E-state index contributed by atoms with van der Waals surface area (Å²) in [6.45, 7) is 11.0. The highest BCUT2D eigenvalue weighted by atomic mass is 28.4. The Morgan fingerprint density at radius 1 is 0.967 bits per heavy atom. The highest BCUT2D eigenvalue weighted by Crippen LogP contribution is 2.38. The standard InChI is InChI=1S/C25H34O4Si/c1-24(2,3)30(20-13-8-6-9-14-20,21-15-10-7-11-16-21)27-19-23-22(17-12-18-26)28-25(4,5)29-23/h6-17,22-23,26H,18-19H2,1-5H3/b17-12+/t22-,23-/m0/s1. The summed E-state index contributed by atoms with van der Waals surface area (Å²) in [5, 5.41) is 11.6. The summed E-state index contributed by atoms with van der Waals surface area (Å²) in [5.41, 5.74) is 0. The minimum atomic E-state index is -2.63. The zero-order valence-corrected chi connectivity index (χ0v) is 19.7. The quantitative estimate of drug-likeness (QED) is 0.543. The number of aliphatic hydroxyl groups is 1. The van der Waals surface area contributed by atoms with E-state index >= 15 is 0 Å². The maximum absolute atomic E-state index is 9.20. The Balaban J connectivity index is 2.00. The van der Waals surface area contributed by atoms with E-state index in [1.165, 1.54) is 10.4 Å². The average molecular weight is 427 g/mol. The Kier molecular flexibility index (Phi) is 7.00. The summed E-state index contributed by atoms with van der Waals surface area (Å²) >= 11 is 0. The minimum absolute atomic E-state index is 0.0252. The molecule has 5 heteroatoms. The van der Waals surface area contributed by atoms with Crippen molar-refractivity contribution in [1.29, 1.82) is 0 Å². The van der Waals surface area contributed by atoms with E-state index in [0.29, 0.717) is 6.61 Å². The zero-order chi connectivity index (χ0) is 21.8. The van der Waals surface area contributed by atoms with Crippen molar-refractivity contribution in [2.45, 2.75) is 57.7 Å². The van der Waals surface area contributed by atoms with E-state index in [0.717, 1.165) is 0 Å². The van der Waals surface area contributed by atoms with E-state index in [2.05, 4.69) is 69.3 Å². The Morgan fingerprint density at radius 3 is 1.97 bits per heavy atom. The number of aliphatic hydroxyl groups excluding tert-OH is 1. The van der Waals surface area contributed by atoms with Gasteiger partial charge in [0.15, 0.2) is 5.79 Å². The van der Waals surface area contributed by atoms with Gasteiger partial charge in [0.2, 0.25) is 0 Å². The van der Waals surface area contributed by atoms with Crippen molar-refractivity contribution >= 4 is 18.7 Å². The van der Waals surface area contributed by atoms with Crippen molar-refractivity contribution in [3.63, 3.8) is 0 Å². The second-order valence-corrected chi connectivity index (χ2v) is 13.5. The third kappa shape index (κ3) is 4.76. The van der Waals surface area contributed by atoms with Gasteiger partial charge in [-0.25, -0.2) is 0 Å². The maximum Gasteiger partial charge on any atom is 0.261 e. The van der Waals surface area contributed by atoms with Gasteiger partial charge < -0.3 is 19.0 Å². The molecule has 2 aromatic rings. The van der Waals surface area contributed by atoms with Gasteiger partial charge >= 0.3 is 0 Å². The number of hydrogen-bond acceptors (Lipinski definition) is 4. The summed E-state index contributed by atoms with van der Waals surface area (Å²) in [6.07, 6.45) is 3.06. The van der Waals surface area contributed by atoms with Crippen LogP contribution in [0.1, 0.15) is 34.6 Å². The molecule has 0 spiro atoms. The molecule has 162 valence electrons. The maximum atomic E-state index is 9.20. The Bertz CT molecular complexity index is 788. The number of benzene rings is 2. The van der Waals surface area contributed by atoms with Crippen LogP contribution in [0.2, 0.25) is 5.04 Å². The van der Waals surface area contributed by atoms with Crippen LogP contribution >= 0.6 is 0 Å². The van der Waals surface area contributed by atoms with E-state index < -0.39 is 14.1 Å². The monoisotopic (exact) mass is 426 g/mol. The van der Waals surface area contributed by atoms with Crippen LogP contribution in [0.3, 0.4) is 0 Å². The van der Waals surface area contributed by atoms with Gasteiger partial charge in [-0.05, 0) is 29.3 Å². The molecule has 0 saturated carbocycles. The number of rotatable bonds is 7. The first-order valence-corrected chi connectivity index (χ1v) is 12.5. The van der Waals surface area contributed by atoms with Crippen molar-refractivity contribution in [2.24, 2.45) is 0 Å². The van der Waals surface area contributed by atoms with E-state index in [4.69, 9.17) is 13.9 Å². The molecule has 0 amide bonds. The molecule has 4 nitrogen and oxygen atoms in total. The highest BCUT2D eigenvalue weighted by molar-refractivity contribution is 6.99. The Hall–Kier alpha value is -1.76. The first kappa shape index (κ1) is 22.9. The normalized spacial score (nSPS) is 21.9. The fourth-order valence-corrected chi connectivity index (χ4v) is 8.89. The topological polar surface area (TPSA) is 47.9 Å². The third-order valence-corrected chi connectivity index (χ3v) is 10.5. The summed E-state index contributed by atoms with van der Waals surface area (Å²) in [5.74, 6) is -0.691. The summed E-state index contributed by atoms with van der Waals surface area (Å²) in [4.78, 5) is 0. The second-order valence-electron chi connectivity index (χ2n) is 9.22. The first-order chi connectivity index (χ1) is 14.2. The Morgan fingerprint density at radius 2 is 1.50 bits per heavy atom. The summed E-state index contributed by atoms with van der Waals surface area (Å²) in [7, 11) is -2.63. The molecule has 0 aromatic heterocycles. The zero-order valence-electron chi connectivity index (χ0n) is 18.7. The van der Waals surface area contributed by atoms with Gasteiger partial charge in [0.05, 0.1) is 13.2 Å². The van der Waals surface area contributed by atoms with Crippen molar-refractivity contribution in [1.82, 2.24) is 0 Å². The first-order valence-electron chi connectivity index (χ1n) is 10.6. The molecule has 1 saturated heterocycles. The molecule has 30 heavy (non-hydrogen) atoms. The predicted octanol–water partition coefficient (Wildman–Crippen LogP) is 3.63. The molecule has 1 aliphatic rings. The molecule has 2 atom stereocenters. The van der Waals surface area contributed by atoms with Gasteiger partial charge in [0.25, 0.3) is 8.32 Å². The van der Waals surface area contributed by atoms with E-state index in [1.54, 1.807) is 6.08 Å². The molecule has 2 aromatic carbocycles. The molecule has 0 unspecified atom stereocenters. The van der Waals surface area contributed by atoms with Crippen LogP contribution in [-0.4, -0.2) is 44.6 Å². The molecular weight excluding hydrogens is 392 g/mol. The van der Waals surface area contributed by atoms with Crippen LogP contribution in [0.4, 0.5) is 0 Å². The van der Waals surface area contributed by atoms with Crippen LogP contribution in [0.25, 0.3) is 0 Å². The molecule has 1 fully saturated rings. The molecule has 1 aliphatic heterocycles. The van der Waals surface area contributed by atoms with Crippen LogP contribution in [0, 0.1) is 0 Å². The largest absolute Gasteiger partial charge is 0.405 e. The number of ether oxygens (including phenoxy) is 2.